The van der Waals surface area contributed by atoms with Crippen molar-refractivity contribution in [1.82, 2.24) is 15.4 Å². The third-order valence-corrected chi connectivity index (χ3v) is 4.54. The Hall–Kier alpha value is -3.09. The molecule has 0 bridgehead atoms. The van der Waals surface area contributed by atoms with Crippen LogP contribution in [0.15, 0.2) is 48.3 Å². The van der Waals surface area contributed by atoms with E-state index in [4.69, 9.17) is 5.73 Å². The maximum Gasteiger partial charge on any atom is 0.242 e. The molecule has 7 heteroatoms. The summed E-state index contributed by atoms with van der Waals surface area (Å²) in [7, 11) is 0. The number of carbonyl (C=O) groups is 1. The fraction of sp³-hybridized carbons (Fsp3) is 0.350. The molecule has 0 radical (unpaired) electrons. The van der Waals surface area contributed by atoms with E-state index in [1.54, 1.807) is 0 Å². The number of amides is 1. The van der Waals surface area contributed by atoms with E-state index in [9.17, 15) is 4.79 Å². The number of allylic oxidation sites excluding steroid dienone is 1. The summed E-state index contributed by atoms with van der Waals surface area (Å²) in [6, 6.07) is 9.53. The van der Waals surface area contributed by atoms with Gasteiger partial charge in [0.15, 0.2) is 11.6 Å². The average Bonchev–Trinajstić information content (AvgIpc) is 2.70. The lowest BCUT2D eigenvalue weighted by Crippen LogP contribution is -2.31. The summed E-state index contributed by atoms with van der Waals surface area (Å²) >= 11 is 0. The number of carbonyl (C=O) groups excluding carboxylic acids is 1. The van der Waals surface area contributed by atoms with Crippen molar-refractivity contribution in [1.29, 1.82) is 0 Å². The van der Waals surface area contributed by atoms with Crippen LogP contribution in [-0.2, 0) is 11.2 Å². The van der Waals surface area contributed by atoms with Crippen molar-refractivity contribution >= 4 is 23.2 Å². The Labute approximate surface area is 159 Å². The third kappa shape index (κ3) is 5.70. The second-order valence-corrected chi connectivity index (χ2v) is 6.61. The van der Waals surface area contributed by atoms with Crippen molar-refractivity contribution in [2.45, 2.75) is 38.5 Å². The van der Waals surface area contributed by atoms with E-state index < -0.39 is 0 Å². The highest BCUT2D eigenvalue weighted by Crippen LogP contribution is 2.23. The number of nitrogens with one attached hydrogen (secondary N) is 3. The highest BCUT2D eigenvalue weighted by atomic mass is 16.2. The smallest absolute Gasteiger partial charge is 0.242 e. The van der Waals surface area contributed by atoms with Crippen molar-refractivity contribution in [2.75, 3.05) is 23.0 Å². The summed E-state index contributed by atoms with van der Waals surface area (Å²) in [6.45, 7) is 0.771. The monoisotopic (exact) mass is 366 g/mol. The maximum atomic E-state index is 12.0. The molecule has 0 saturated heterocycles. The van der Waals surface area contributed by atoms with Crippen molar-refractivity contribution in [3.63, 3.8) is 0 Å². The Morgan fingerprint density at radius 1 is 1.11 bits per heavy atom. The van der Waals surface area contributed by atoms with Crippen LogP contribution < -0.4 is 21.9 Å². The molecule has 1 aromatic heterocycles. The van der Waals surface area contributed by atoms with Crippen molar-refractivity contribution in [2.24, 2.45) is 0 Å². The van der Waals surface area contributed by atoms with Crippen LogP contribution in [0.5, 0.6) is 0 Å². The summed E-state index contributed by atoms with van der Waals surface area (Å²) in [5.41, 5.74) is 14.4. The molecule has 7 nitrogen and oxygen atoms in total. The zero-order valence-electron chi connectivity index (χ0n) is 15.4. The number of nitrogens with two attached hydrogens (primary N) is 1. The second kappa shape index (κ2) is 9.56. The quantitative estimate of drug-likeness (QED) is 0.423. The third-order valence-electron chi connectivity index (χ3n) is 4.54. The fourth-order valence-electron chi connectivity index (χ4n) is 3.06. The average molecular weight is 366 g/mol. The fourth-order valence-corrected chi connectivity index (χ4v) is 3.06. The Morgan fingerprint density at radius 3 is 2.70 bits per heavy atom. The van der Waals surface area contributed by atoms with Gasteiger partial charge < -0.3 is 11.1 Å². The summed E-state index contributed by atoms with van der Waals surface area (Å²) < 4.78 is 0. The molecule has 0 fully saturated rings. The second-order valence-electron chi connectivity index (χ2n) is 6.61. The van der Waals surface area contributed by atoms with Crippen LogP contribution in [-0.4, -0.2) is 22.4 Å². The van der Waals surface area contributed by atoms with Crippen LogP contribution in [0, 0.1) is 0 Å². The first-order valence-electron chi connectivity index (χ1n) is 9.33. The molecule has 0 unspecified atom stereocenters. The number of nitrogens with zero attached hydrogens (tertiary/aromatic N) is 2. The predicted octanol–water partition coefficient (Wildman–Crippen LogP) is 3.05. The summed E-state index contributed by atoms with van der Waals surface area (Å²) in [5, 5.41) is 3.26. The van der Waals surface area contributed by atoms with E-state index in [1.807, 2.05) is 30.3 Å². The number of anilines is 3. The van der Waals surface area contributed by atoms with Gasteiger partial charge in [0.25, 0.3) is 0 Å². The van der Waals surface area contributed by atoms with Crippen LogP contribution in [0.4, 0.5) is 17.3 Å². The highest BCUT2D eigenvalue weighted by molar-refractivity contribution is 5.81. The van der Waals surface area contributed by atoms with Crippen molar-refractivity contribution in [3.05, 3.63) is 53.9 Å². The molecule has 5 N–H and O–H groups in total. The van der Waals surface area contributed by atoms with E-state index >= 15 is 0 Å². The SMILES string of the molecule is Nc1c(NCCC2=CCCCC2)ncnc1NNC(=O)Cc1ccccc1. The first kappa shape index (κ1) is 18.7. The van der Waals surface area contributed by atoms with E-state index in [0.717, 1.165) is 18.5 Å². The van der Waals surface area contributed by atoms with Crippen LogP contribution in [0.3, 0.4) is 0 Å². The highest BCUT2D eigenvalue weighted by Gasteiger charge is 2.10. The van der Waals surface area contributed by atoms with Gasteiger partial charge in [-0.25, -0.2) is 9.97 Å². The Morgan fingerprint density at radius 2 is 1.93 bits per heavy atom. The predicted molar refractivity (Wildman–Crippen MR) is 108 cm³/mol. The molecular weight excluding hydrogens is 340 g/mol. The van der Waals surface area contributed by atoms with Crippen LogP contribution in [0.25, 0.3) is 0 Å². The van der Waals surface area contributed by atoms with Gasteiger partial charge in [-0.3, -0.25) is 15.6 Å². The number of nitrogen functional groups attached to an aromatic ring is 1. The van der Waals surface area contributed by atoms with Crippen molar-refractivity contribution < 1.29 is 4.79 Å². The van der Waals surface area contributed by atoms with Crippen LogP contribution in [0.1, 0.15) is 37.7 Å². The Bertz CT molecular complexity index is 790. The maximum absolute atomic E-state index is 12.0. The molecular formula is C20H26N6O. The molecule has 3 rings (SSSR count). The zero-order valence-corrected chi connectivity index (χ0v) is 15.4. The molecule has 0 spiro atoms. The molecule has 0 aliphatic heterocycles. The molecule has 1 aliphatic rings. The molecule has 0 saturated carbocycles. The first-order valence-corrected chi connectivity index (χ1v) is 9.33. The summed E-state index contributed by atoms with van der Waals surface area (Å²) in [4.78, 5) is 20.3. The normalized spacial score (nSPS) is 13.6. The lowest BCUT2D eigenvalue weighted by atomic mass is 9.97. The topological polar surface area (TPSA) is 105 Å². The molecule has 2 aromatic rings. The minimum atomic E-state index is -0.169. The van der Waals surface area contributed by atoms with Gasteiger partial charge in [-0.05, 0) is 37.7 Å². The van der Waals surface area contributed by atoms with Gasteiger partial charge in [-0.2, -0.15) is 0 Å². The lowest BCUT2D eigenvalue weighted by molar-refractivity contribution is -0.119. The number of benzene rings is 1. The van der Waals surface area contributed by atoms with Crippen molar-refractivity contribution in [3.8, 4) is 0 Å². The van der Waals surface area contributed by atoms with Gasteiger partial charge in [0.05, 0.1) is 6.42 Å². The minimum absolute atomic E-state index is 0.169. The molecule has 1 heterocycles. The van der Waals surface area contributed by atoms with Gasteiger partial charge in [0, 0.05) is 6.54 Å². The lowest BCUT2D eigenvalue weighted by Gasteiger charge is -2.15. The zero-order chi connectivity index (χ0) is 18.9. The number of hydrogen-bond donors (Lipinski definition) is 4. The number of hydrogen-bond acceptors (Lipinski definition) is 6. The van der Waals surface area contributed by atoms with E-state index in [2.05, 4.69) is 32.2 Å². The van der Waals surface area contributed by atoms with Gasteiger partial charge in [0.1, 0.15) is 12.0 Å². The molecule has 0 atom stereocenters. The largest absolute Gasteiger partial charge is 0.393 e. The number of rotatable bonds is 8. The van der Waals surface area contributed by atoms with Gasteiger partial charge in [0.2, 0.25) is 5.91 Å². The van der Waals surface area contributed by atoms with Crippen LogP contribution in [0.2, 0.25) is 0 Å². The Kier molecular flexibility index (Phi) is 6.62. The number of hydrazine groups is 1. The summed E-state index contributed by atoms with van der Waals surface area (Å²) in [6.07, 6.45) is 9.95. The van der Waals surface area contributed by atoms with Gasteiger partial charge in [-0.1, -0.05) is 42.0 Å². The molecule has 27 heavy (non-hydrogen) atoms. The molecule has 1 amide bonds. The number of aromatic nitrogens is 2. The van der Waals surface area contributed by atoms with E-state index in [-0.39, 0.29) is 12.3 Å². The molecule has 1 aromatic carbocycles. The minimum Gasteiger partial charge on any atom is -0.393 e. The first-order chi connectivity index (χ1) is 13.2. The van der Waals surface area contributed by atoms with E-state index in [0.29, 0.717) is 17.3 Å². The van der Waals surface area contributed by atoms with E-state index in [1.165, 1.54) is 37.6 Å². The standard InChI is InChI=1S/C20H26N6O/c21-18-19(22-12-11-15-7-3-1-4-8-15)23-14-24-20(18)26-25-17(27)13-16-9-5-2-6-10-16/h2,5-7,9-10,14H,1,3-4,8,11-13,21H2,(H,25,27)(H2,22,23,24,26). The Balaban J connectivity index is 1.50. The van der Waals surface area contributed by atoms with Gasteiger partial charge in [-0.15, -0.1) is 0 Å². The molecule has 1 aliphatic carbocycles. The van der Waals surface area contributed by atoms with Gasteiger partial charge >= 0.3 is 0 Å². The van der Waals surface area contributed by atoms with Crippen LogP contribution >= 0.6 is 0 Å². The molecule has 142 valence electrons. The summed E-state index contributed by atoms with van der Waals surface area (Å²) in [5.74, 6) is 0.782.